The van der Waals surface area contributed by atoms with Gasteiger partial charge in [0.05, 0.1) is 50.6 Å². The van der Waals surface area contributed by atoms with Gasteiger partial charge in [-0.15, -0.1) is 0 Å². The summed E-state index contributed by atoms with van der Waals surface area (Å²) in [4.78, 5) is 18.4. The van der Waals surface area contributed by atoms with Crippen molar-refractivity contribution in [1.29, 1.82) is 0 Å². The Labute approximate surface area is 194 Å². The van der Waals surface area contributed by atoms with Gasteiger partial charge in [-0.2, -0.15) is 13.2 Å². The van der Waals surface area contributed by atoms with Crippen LogP contribution in [0.25, 0.3) is 22.1 Å². The van der Waals surface area contributed by atoms with Crippen LogP contribution in [0.1, 0.15) is 11.3 Å². The lowest BCUT2D eigenvalue weighted by atomic mass is 10.2. The molecule has 0 radical (unpaired) electrons. The molecule has 34 heavy (non-hydrogen) atoms. The molecule has 5 rings (SSSR count). The van der Waals surface area contributed by atoms with Crippen molar-refractivity contribution in [3.8, 4) is 5.75 Å². The summed E-state index contributed by atoms with van der Waals surface area (Å²) in [5.41, 5.74) is 4.40. The Morgan fingerprint density at radius 3 is 2.38 bits per heavy atom. The van der Waals surface area contributed by atoms with Crippen LogP contribution in [0.15, 0.2) is 72.3 Å². The highest BCUT2D eigenvalue weighted by atomic mass is 32.2. The maximum atomic E-state index is 12.5. The highest BCUT2D eigenvalue weighted by molar-refractivity contribution is 7.84. The Morgan fingerprint density at radius 1 is 0.971 bits per heavy atom. The maximum absolute atomic E-state index is 12.5. The smallest absolute Gasteiger partial charge is 0.422 e. The summed E-state index contributed by atoms with van der Waals surface area (Å²) < 4.78 is 54.2. The lowest BCUT2D eigenvalue weighted by Gasteiger charge is -2.13. The lowest BCUT2D eigenvalue weighted by molar-refractivity contribution is -0.153. The molecule has 0 aliphatic rings. The molecule has 0 spiro atoms. The zero-order chi connectivity index (χ0) is 24.1. The van der Waals surface area contributed by atoms with Crippen LogP contribution < -0.4 is 4.74 Å². The first-order valence-electron chi connectivity index (χ1n) is 10.2. The average Bonchev–Trinajstić information content (AvgIpc) is 3.46. The molecule has 0 bridgehead atoms. The van der Waals surface area contributed by atoms with Gasteiger partial charge in [0.2, 0.25) is 0 Å². The zero-order valence-corrected chi connectivity index (χ0v) is 18.8. The van der Waals surface area contributed by atoms with Crippen LogP contribution in [0.3, 0.4) is 0 Å². The summed E-state index contributed by atoms with van der Waals surface area (Å²) in [6.07, 6.45) is -1.39. The van der Waals surface area contributed by atoms with Crippen LogP contribution in [0.2, 0.25) is 0 Å². The third kappa shape index (κ3) is 5.79. The van der Waals surface area contributed by atoms with Crippen LogP contribution in [-0.2, 0) is 16.6 Å². The largest absolute Gasteiger partial charge is 0.484 e. The molecule has 5 aromatic rings. The molecule has 3 heterocycles. The van der Waals surface area contributed by atoms with Crippen LogP contribution in [0.4, 0.5) is 13.2 Å². The summed E-state index contributed by atoms with van der Waals surface area (Å²) >= 11 is 0. The number of H-pyrrole nitrogens is 2. The summed E-state index contributed by atoms with van der Waals surface area (Å²) in [6, 6.07) is 16.6. The fraction of sp³-hybridized carbons (Fsp3) is 0.174. The van der Waals surface area contributed by atoms with E-state index in [-0.39, 0.29) is 11.5 Å². The summed E-state index contributed by atoms with van der Waals surface area (Å²) in [5.74, 6) is 0.0958. The number of halogens is 3. The molecule has 3 aromatic heterocycles. The average molecular weight is 488 g/mol. The first-order chi connectivity index (χ1) is 16.3. The molecule has 0 saturated heterocycles. The zero-order valence-electron chi connectivity index (χ0n) is 18.0. The molecule has 2 aromatic carbocycles. The second-order valence-corrected chi connectivity index (χ2v) is 8.62. The van der Waals surface area contributed by atoms with E-state index in [1.165, 1.54) is 12.3 Å². The van der Waals surface area contributed by atoms with Gasteiger partial charge in [0, 0.05) is 11.8 Å². The molecule has 1 unspecified atom stereocenters. The molecule has 0 fully saturated rings. The van der Waals surface area contributed by atoms with Crippen molar-refractivity contribution in [2.45, 2.75) is 24.0 Å². The number of aromatic nitrogens is 5. The van der Waals surface area contributed by atoms with E-state index in [1.54, 1.807) is 19.3 Å². The number of pyridine rings is 1. The number of alkyl halides is 3. The van der Waals surface area contributed by atoms with Gasteiger partial charge >= 0.3 is 6.18 Å². The van der Waals surface area contributed by atoms with Gasteiger partial charge < -0.3 is 14.7 Å². The van der Waals surface area contributed by atoms with Crippen LogP contribution in [-0.4, -0.2) is 41.9 Å². The Morgan fingerprint density at radius 2 is 1.68 bits per heavy atom. The Bertz CT molecular complexity index is 1370. The first kappa shape index (κ1) is 23.4. The number of rotatable bonds is 5. The summed E-state index contributed by atoms with van der Waals surface area (Å²) in [7, 11) is -1.51. The van der Waals surface area contributed by atoms with Crippen molar-refractivity contribution in [3.63, 3.8) is 0 Å². The molecule has 0 amide bonds. The number of fused-ring (bicyclic) bond motifs is 2. The van der Waals surface area contributed by atoms with E-state index < -0.39 is 23.6 Å². The Balaban J connectivity index is 0.000000252. The molecule has 11 heteroatoms. The number of benzene rings is 2. The highest BCUT2D eigenvalue weighted by Gasteiger charge is 2.29. The van der Waals surface area contributed by atoms with Gasteiger partial charge in [0.15, 0.2) is 11.8 Å². The van der Waals surface area contributed by atoms with E-state index in [9.17, 15) is 17.4 Å². The molecular weight excluding hydrogens is 467 g/mol. The SMILES string of the molecule is Cc1c(OCC(F)(F)F)ccnc1CS(=O)c1nc2ccccc2[nH]1.c1ccc2[nH]cnc2c1. The molecule has 0 aliphatic heterocycles. The van der Waals surface area contributed by atoms with Crippen molar-refractivity contribution in [3.05, 3.63) is 78.4 Å². The molecule has 7 nitrogen and oxygen atoms in total. The summed E-state index contributed by atoms with van der Waals surface area (Å²) in [5, 5.41) is 0.295. The maximum Gasteiger partial charge on any atom is 0.422 e. The van der Waals surface area contributed by atoms with E-state index in [0.29, 0.717) is 21.9 Å². The van der Waals surface area contributed by atoms with Crippen molar-refractivity contribution in [1.82, 2.24) is 24.9 Å². The Kier molecular flexibility index (Phi) is 6.92. The van der Waals surface area contributed by atoms with E-state index in [1.807, 2.05) is 42.5 Å². The predicted molar refractivity (Wildman–Crippen MR) is 123 cm³/mol. The fourth-order valence-electron chi connectivity index (χ4n) is 3.13. The van der Waals surface area contributed by atoms with E-state index >= 15 is 0 Å². The van der Waals surface area contributed by atoms with Crippen molar-refractivity contribution in [2.75, 3.05) is 6.61 Å². The number of aromatic amines is 2. The van der Waals surface area contributed by atoms with Gasteiger partial charge in [-0.3, -0.25) is 9.19 Å². The van der Waals surface area contributed by atoms with Gasteiger partial charge in [-0.05, 0) is 37.3 Å². The number of hydrogen-bond donors (Lipinski definition) is 2. The van der Waals surface area contributed by atoms with Crippen LogP contribution >= 0.6 is 0 Å². The third-order valence-electron chi connectivity index (χ3n) is 4.83. The molecular formula is C23H20F3N5O2S. The van der Waals surface area contributed by atoms with Gasteiger partial charge in [0.25, 0.3) is 0 Å². The number of ether oxygens (including phenoxy) is 1. The minimum absolute atomic E-state index is 0.0227. The molecule has 0 saturated carbocycles. The first-order valence-corrected chi connectivity index (χ1v) is 11.5. The minimum Gasteiger partial charge on any atom is -0.484 e. The monoisotopic (exact) mass is 487 g/mol. The number of para-hydroxylation sites is 4. The second kappa shape index (κ2) is 10.0. The quantitative estimate of drug-likeness (QED) is 0.361. The fourth-order valence-corrected chi connectivity index (χ4v) is 4.23. The highest BCUT2D eigenvalue weighted by Crippen LogP contribution is 2.24. The number of nitrogens with one attached hydrogen (secondary N) is 2. The topological polar surface area (TPSA) is 96.5 Å². The van der Waals surface area contributed by atoms with E-state index in [2.05, 4.69) is 24.9 Å². The van der Waals surface area contributed by atoms with Gasteiger partial charge in [0.1, 0.15) is 5.75 Å². The van der Waals surface area contributed by atoms with E-state index in [4.69, 9.17) is 4.74 Å². The lowest BCUT2D eigenvalue weighted by Crippen LogP contribution is -2.19. The van der Waals surface area contributed by atoms with Crippen molar-refractivity contribution >= 4 is 32.9 Å². The van der Waals surface area contributed by atoms with Crippen molar-refractivity contribution in [2.24, 2.45) is 0 Å². The van der Waals surface area contributed by atoms with Gasteiger partial charge in [-0.1, -0.05) is 24.3 Å². The number of nitrogens with zero attached hydrogens (tertiary/aromatic N) is 3. The normalized spacial score (nSPS) is 12.4. The predicted octanol–water partition coefficient (Wildman–Crippen LogP) is 5.08. The molecule has 2 N–H and O–H groups in total. The third-order valence-corrected chi connectivity index (χ3v) is 5.99. The number of imidazole rings is 2. The van der Waals surface area contributed by atoms with Crippen molar-refractivity contribution < 1.29 is 22.1 Å². The number of hydrogen-bond acceptors (Lipinski definition) is 5. The van der Waals surface area contributed by atoms with E-state index in [0.717, 1.165) is 16.6 Å². The Hall–Kier alpha value is -3.73. The second-order valence-electron chi connectivity index (χ2n) is 7.25. The summed E-state index contributed by atoms with van der Waals surface area (Å²) in [6.45, 7) is 0.202. The standard InChI is InChI=1S/C16H14F3N3O2S.C7H6N2/c1-10-13(20-7-6-14(10)24-9-16(17,18)19)8-25(23)15-21-11-4-2-3-5-12(11)22-15;1-2-4-7-6(3-1)8-5-9-7/h2-7H,8-9H2,1H3,(H,21,22);1-5H,(H,8,9). The van der Waals surface area contributed by atoms with Crippen LogP contribution in [0.5, 0.6) is 5.75 Å². The minimum atomic E-state index is -4.42. The molecule has 0 aliphatic carbocycles. The molecule has 176 valence electrons. The van der Waals surface area contributed by atoms with Gasteiger partial charge in [-0.25, -0.2) is 9.97 Å². The van der Waals surface area contributed by atoms with Crippen LogP contribution in [0, 0.1) is 6.92 Å². The molecule has 1 atom stereocenters.